The molecule has 1 aliphatic heterocycles. The lowest BCUT2D eigenvalue weighted by atomic mass is 9.91. The van der Waals surface area contributed by atoms with Crippen molar-refractivity contribution >= 4 is 0 Å². The fourth-order valence-corrected chi connectivity index (χ4v) is 3.06. The molecule has 2 unspecified atom stereocenters. The van der Waals surface area contributed by atoms with Crippen molar-refractivity contribution in [2.24, 2.45) is 5.92 Å². The van der Waals surface area contributed by atoms with Crippen molar-refractivity contribution in [2.75, 3.05) is 19.7 Å². The van der Waals surface area contributed by atoms with E-state index in [0.717, 1.165) is 38.3 Å². The molecule has 0 aliphatic carbocycles. The van der Waals surface area contributed by atoms with E-state index >= 15 is 0 Å². The molecule has 21 heavy (non-hydrogen) atoms. The number of hydrogen-bond acceptors (Lipinski definition) is 3. The molecular formula is C18H29NO2. The van der Waals surface area contributed by atoms with Crippen LogP contribution in [0.2, 0.25) is 0 Å². The third kappa shape index (κ3) is 4.72. The van der Waals surface area contributed by atoms with E-state index in [0.29, 0.717) is 5.92 Å². The fraction of sp³-hybridized carbons (Fsp3) is 0.667. The quantitative estimate of drug-likeness (QED) is 0.861. The van der Waals surface area contributed by atoms with Crippen LogP contribution in [0.1, 0.15) is 52.2 Å². The number of morpholine rings is 1. The van der Waals surface area contributed by atoms with Crippen molar-refractivity contribution in [1.29, 1.82) is 0 Å². The molecule has 1 aliphatic rings. The average Bonchev–Trinajstić information content (AvgIpc) is 2.44. The molecule has 0 aromatic heterocycles. The molecule has 1 fully saturated rings. The van der Waals surface area contributed by atoms with Gasteiger partial charge in [-0.2, -0.15) is 0 Å². The zero-order valence-electron chi connectivity index (χ0n) is 13.8. The van der Waals surface area contributed by atoms with Crippen LogP contribution >= 0.6 is 0 Å². The lowest BCUT2D eigenvalue weighted by molar-refractivity contribution is -0.117. The Morgan fingerprint density at radius 2 is 2.05 bits per heavy atom. The van der Waals surface area contributed by atoms with Crippen molar-refractivity contribution in [2.45, 2.75) is 52.2 Å². The minimum absolute atomic E-state index is 0.0749. The Morgan fingerprint density at radius 3 is 2.67 bits per heavy atom. The van der Waals surface area contributed by atoms with Gasteiger partial charge in [-0.1, -0.05) is 32.9 Å². The lowest BCUT2D eigenvalue weighted by Crippen LogP contribution is -2.49. The topological polar surface area (TPSA) is 30.5 Å². The van der Waals surface area contributed by atoms with Gasteiger partial charge in [-0.15, -0.1) is 0 Å². The summed E-state index contributed by atoms with van der Waals surface area (Å²) < 4.78 is 12.0. The summed E-state index contributed by atoms with van der Waals surface area (Å²) in [6, 6.07) is 8.34. The first-order chi connectivity index (χ1) is 10.0. The zero-order chi connectivity index (χ0) is 15.3. The highest BCUT2D eigenvalue weighted by molar-refractivity contribution is 5.29. The number of nitrogens with one attached hydrogen (secondary N) is 1. The van der Waals surface area contributed by atoms with E-state index in [2.05, 4.69) is 45.1 Å². The molecule has 3 nitrogen and oxygen atoms in total. The van der Waals surface area contributed by atoms with Gasteiger partial charge in [-0.3, -0.25) is 0 Å². The summed E-state index contributed by atoms with van der Waals surface area (Å²) in [5.74, 6) is 1.58. The van der Waals surface area contributed by atoms with Crippen LogP contribution in [0, 0.1) is 5.92 Å². The summed E-state index contributed by atoms with van der Waals surface area (Å²) in [4.78, 5) is 0. The molecule has 0 amide bonds. The van der Waals surface area contributed by atoms with Gasteiger partial charge in [-0.25, -0.2) is 0 Å². The summed E-state index contributed by atoms with van der Waals surface area (Å²) >= 11 is 0. The summed E-state index contributed by atoms with van der Waals surface area (Å²) in [5, 5.41) is 3.52. The monoisotopic (exact) mass is 291 g/mol. The van der Waals surface area contributed by atoms with Crippen LogP contribution < -0.4 is 10.1 Å². The normalized spacial score (nSPS) is 26.0. The van der Waals surface area contributed by atoms with Crippen LogP contribution in [0.4, 0.5) is 0 Å². The van der Waals surface area contributed by atoms with Gasteiger partial charge in [0.05, 0.1) is 18.3 Å². The van der Waals surface area contributed by atoms with Crippen LogP contribution in [0.3, 0.4) is 0 Å². The third-order valence-electron chi connectivity index (χ3n) is 3.82. The lowest BCUT2D eigenvalue weighted by Gasteiger charge is -2.40. The maximum Gasteiger partial charge on any atom is 0.119 e. The number of rotatable bonds is 6. The highest BCUT2D eigenvalue weighted by atomic mass is 16.5. The Hall–Kier alpha value is -1.06. The summed E-state index contributed by atoms with van der Waals surface area (Å²) in [6.45, 7) is 11.4. The Morgan fingerprint density at radius 1 is 1.33 bits per heavy atom. The molecular weight excluding hydrogens is 262 g/mol. The Balaban J connectivity index is 2.00. The van der Waals surface area contributed by atoms with Crippen molar-refractivity contribution < 1.29 is 9.47 Å². The molecule has 0 saturated carbocycles. The van der Waals surface area contributed by atoms with Gasteiger partial charge in [0.1, 0.15) is 5.75 Å². The average molecular weight is 291 g/mol. The molecule has 1 saturated heterocycles. The third-order valence-corrected chi connectivity index (χ3v) is 3.82. The van der Waals surface area contributed by atoms with E-state index in [4.69, 9.17) is 9.47 Å². The molecule has 0 bridgehead atoms. The second kappa shape index (κ2) is 7.28. The van der Waals surface area contributed by atoms with Crippen molar-refractivity contribution in [1.82, 2.24) is 5.32 Å². The van der Waals surface area contributed by atoms with Gasteiger partial charge >= 0.3 is 0 Å². The first-order valence-corrected chi connectivity index (χ1v) is 8.14. The van der Waals surface area contributed by atoms with E-state index in [1.165, 1.54) is 5.56 Å². The van der Waals surface area contributed by atoms with Gasteiger partial charge in [0, 0.05) is 13.1 Å². The minimum atomic E-state index is -0.0749. The molecule has 1 N–H and O–H groups in total. The molecule has 3 heteroatoms. The van der Waals surface area contributed by atoms with Gasteiger partial charge in [0.25, 0.3) is 0 Å². The molecule has 1 heterocycles. The van der Waals surface area contributed by atoms with Gasteiger partial charge < -0.3 is 14.8 Å². The number of ether oxygens (including phenoxy) is 2. The van der Waals surface area contributed by atoms with Crippen LogP contribution in [-0.4, -0.2) is 25.3 Å². The highest BCUT2D eigenvalue weighted by Gasteiger charge is 2.33. The first-order valence-electron chi connectivity index (χ1n) is 8.14. The molecule has 0 radical (unpaired) electrons. The minimum Gasteiger partial charge on any atom is -0.494 e. The largest absolute Gasteiger partial charge is 0.494 e. The van der Waals surface area contributed by atoms with E-state index in [1.54, 1.807) is 0 Å². The SMILES string of the molecule is CCCOc1ccc(C2CNCC(C)(CC(C)C)O2)cc1. The molecule has 1 aromatic rings. The van der Waals surface area contributed by atoms with E-state index in [1.807, 2.05) is 12.1 Å². The standard InChI is InChI=1S/C18H29NO2/c1-5-10-20-16-8-6-15(7-9-16)17-12-19-13-18(4,21-17)11-14(2)3/h6-9,14,17,19H,5,10-13H2,1-4H3. The Kier molecular flexibility index (Phi) is 5.65. The van der Waals surface area contributed by atoms with Crippen LogP contribution in [0.15, 0.2) is 24.3 Å². The van der Waals surface area contributed by atoms with Gasteiger partial charge in [0.2, 0.25) is 0 Å². The Bertz CT molecular complexity index is 429. The Labute approximate surface area is 129 Å². The maximum absolute atomic E-state index is 6.39. The molecule has 1 aromatic carbocycles. The van der Waals surface area contributed by atoms with Gasteiger partial charge in [0.15, 0.2) is 0 Å². The molecule has 118 valence electrons. The van der Waals surface area contributed by atoms with Crippen molar-refractivity contribution in [3.63, 3.8) is 0 Å². The second-order valence-corrected chi connectivity index (χ2v) is 6.70. The summed E-state index contributed by atoms with van der Waals surface area (Å²) in [7, 11) is 0. The number of benzene rings is 1. The first kappa shape index (κ1) is 16.3. The molecule has 2 rings (SSSR count). The van der Waals surface area contributed by atoms with E-state index in [9.17, 15) is 0 Å². The smallest absolute Gasteiger partial charge is 0.119 e. The summed E-state index contributed by atoms with van der Waals surface area (Å²) in [5.41, 5.74) is 1.15. The maximum atomic E-state index is 6.39. The second-order valence-electron chi connectivity index (χ2n) is 6.70. The van der Waals surface area contributed by atoms with Gasteiger partial charge in [-0.05, 0) is 43.4 Å². The molecule has 2 atom stereocenters. The van der Waals surface area contributed by atoms with E-state index < -0.39 is 0 Å². The summed E-state index contributed by atoms with van der Waals surface area (Å²) in [6.07, 6.45) is 2.24. The fourth-order valence-electron chi connectivity index (χ4n) is 3.06. The predicted molar refractivity (Wildman–Crippen MR) is 86.8 cm³/mol. The number of hydrogen-bond donors (Lipinski definition) is 1. The van der Waals surface area contributed by atoms with Crippen LogP contribution in [0.25, 0.3) is 0 Å². The van der Waals surface area contributed by atoms with Crippen molar-refractivity contribution in [3.8, 4) is 5.75 Å². The van der Waals surface area contributed by atoms with E-state index in [-0.39, 0.29) is 11.7 Å². The van der Waals surface area contributed by atoms with Crippen molar-refractivity contribution in [3.05, 3.63) is 29.8 Å². The van der Waals surface area contributed by atoms with Crippen LogP contribution in [0.5, 0.6) is 5.75 Å². The predicted octanol–water partition coefficient (Wildman–Crippen LogP) is 3.94. The van der Waals surface area contributed by atoms with Crippen LogP contribution in [-0.2, 0) is 4.74 Å². The molecule has 0 spiro atoms. The highest BCUT2D eigenvalue weighted by Crippen LogP contribution is 2.32. The zero-order valence-corrected chi connectivity index (χ0v) is 13.8.